The summed E-state index contributed by atoms with van der Waals surface area (Å²) >= 11 is 1.95. The molecule has 0 amide bonds. The maximum absolute atomic E-state index is 13.0. The fourth-order valence-corrected chi connectivity index (χ4v) is 3.16. The lowest BCUT2D eigenvalue weighted by Crippen LogP contribution is -2.33. The Kier molecular flexibility index (Phi) is 5.01. The van der Waals surface area contributed by atoms with Gasteiger partial charge in [0, 0.05) is 17.8 Å². The predicted octanol–water partition coefficient (Wildman–Crippen LogP) is 3.73. The minimum absolute atomic E-state index is 0.515. The van der Waals surface area contributed by atoms with E-state index in [4.69, 9.17) is 0 Å². The van der Waals surface area contributed by atoms with Gasteiger partial charge in [0.15, 0.2) is 11.6 Å². The molecule has 0 unspecified atom stereocenters. The van der Waals surface area contributed by atoms with Gasteiger partial charge in [-0.3, -0.25) is 0 Å². The molecule has 1 aromatic rings. The summed E-state index contributed by atoms with van der Waals surface area (Å²) in [5, 5.41) is 4.23. The van der Waals surface area contributed by atoms with Crippen molar-refractivity contribution in [3.05, 3.63) is 35.4 Å². The normalized spacial score (nSPS) is 24.2. The summed E-state index contributed by atoms with van der Waals surface area (Å²) in [4.78, 5) is 0. The van der Waals surface area contributed by atoms with Crippen LogP contribution in [-0.4, -0.2) is 17.5 Å². The molecule has 1 nitrogen and oxygen atoms in total. The van der Waals surface area contributed by atoms with Crippen molar-refractivity contribution in [2.75, 3.05) is 6.26 Å². The highest BCUT2D eigenvalue weighted by Gasteiger charge is 2.19. The molecule has 1 saturated carbocycles. The summed E-state index contributed by atoms with van der Waals surface area (Å²) in [5.41, 5.74) is 0.806. The van der Waals surface area contributed by atoms with E-state index in [0.29, 0.717) is 12.6 Å². The molecule has 0 spiro atoms. The minimum Gasteiger partial charge on any atom is -0.310 e. The first-order chi connectivity index (χ1) is 8.69. The van der Waals surface area contributed by atoms with Crippen LogP contribution in [0, 0.1) is 11.6 Å². The second kappa shape index (κ2) is 6.53. The monoisotopic (exact) mass is 271 g/mol. The molecule has 0 saturated heterocycles. The lowest BCUT2D eigenvalue weighted by Gasteiger charge is -2.28. The Hall–Kier alpha value is -0.610. The maximum Gasteiger partial charge on any atom is 0.159 e. The van der Waals surface area contributed by atoms with Crippen molar-refractivity contribution >= 4 is 11.8 Å². The van der Waals surface area contributed by atoms with Gasteiger partial charge in [-0.05, 0) is 49.6 Å². The third-order valence-corrected chi connectivity index (χ3v) is 4.72. The van der Waals surface area contributed by atoms with Gasteiger partial charge in [0.25, 0.3) is 0 Å². The van der Waals surface area contributed by atoms with Gasteiger partial charge in [-0.25, -0.2) is 8.78 Å². The highest BCUT2D eigenvalue weighted by molar-refractivity contribution is 7.99. The second-order valence-electron chi connectivity index (χ2n) is 4.84. The van der Waals surface area contributed by atoms with E-state index in [-0.39, 0.29) is 0 Å². The van der Waals surface area contributed by atoms with Crippen LogP contribution in [0.5, 0.6) is 0 Å². The van der Waals surface area contributed by atoms with E-state index in [1.54, 1.807) is 6.07 Å². The van der Waals surface area contributed by atoms with Gasteiger partial charge in [-0.15, -0.1) is 0 Å². The van der Waals surface area contributed by atoms with E-state index in [0.717, 1.165) is 10.8 Å². The quantitative estimate of drug-likeness (QED) is 0.895. The van der Waals surface area contributed by atoms with E-state index in [2.05, 4.69) is 11.6 Å². The van der Waals surface area contributed by atoms with E-state index in [1.165, 1.54) is 37.8 Å². The molecule has 0 bridgehead atoms. The molecule has 0 radical (unpaired) electrons. The molecule has 100 valence electrons. The average molecular weight is 271 g/mol. The van der Waals surface area contributed by atoms with Gasteiger partial charge in [-0.2, -0.15) is 11.8 Å². The van der Waals surface area contributed by atoms with Crippen LogP contribution in [0.3, 0.4) is 0 Å². The van der Waals surface area contributed by atoms with Gasteiger partial charge in [0.2, 0.25) is 0 Å². The average Bonchev–Trinajstić information content (AvgIpc) is 2.41. The van der Waals surface area contributed by atoms with Crippen molar-refractivity contribution in [2.24, 2.45) is 0 Å². The summed E-state index contributed by atoms with van der Waals surface area (Å²) < 4.78 is 25.8. The van der Waals surface area contributed by atoms with Crippen molar-refractivity contribution in [3.63, 3.8) is 0 Å². The van der Waals surface area contributed by atoms with Crippen LogP contribution in [0.4, 0.5) is 8.78 Å². The van der Waals surface area contributed by atoms with E-state index in [9.17, 15) is 8.78 Å². The number of rotatable bonds is 4. The number of hydrogen-bond acceptors (Lipinski definition) is 2. The first-order valence-corrected chi connectivity index (χ1v) is 7.68. The lowest BCUT2D eigenvalue weighted by atomic mass is 9.95. The molecular weight excluding hydrogens is 252 g/mol. The van der Waals surface area contributed by atoms with Crippen LogP contribution in [0.1, 0.15) is 31.2 Å². The van der Waals surface area contributed by atoms with Crippen molar-refractivity contribution < 1.29 is 8.78 Å². The number of thioether (sulfide) groups is 1. The maximum atomic E-state index is 13.0. The van der Waals surface area contributed by atoms with Crippen LogP contribution in [-0.2, 0) is 6.54 Å². The van der Waals surface area contributed by atoms with Crippen LogP contribution >= 0.6 is 11.8 Å². The van der Waals surface area contributed by atoms with Gasteiger partial charge >= 0.3 is 0 Å². The first-order valence-electron chi connectivity index (χ1n) is 6.39. The van der Waals surface area contributed by atoms with Crippen LogP contribution < -0.4 is 5.32 Å². The smallest absolute Gasteiger partial charge is 0.159 e. The first kappa shape index (κ1) is 13.8. The number of halogens is 2. The molecule has 0 aromatic heterocycles. The fourth-order valence-electron chi connectivity index (χ4n) is 2.41. The van der Waals surface area contributed by atoms with Crippen molar-refractivity contribution in [1.29, 1.82) is 0 Å². The molecule has 0 aliphatic heterocycles. The number of nitrogens with one attached hydrogen (secondary N) is 1. The zero-order chi connectivity index (χ0) is 13.0. The molecule has 1 aromatic carbocycles. The summed E-state index contributed by atoms with van der Waals surface area (Å²) in [5.74, 6) is -1.54. The van der Waals surface area contributed by atoms with Gasteiger partial charge in [0.1, 0.15) is 0 Å². The Bertz CT molecular complexity index is 389. The van der Waals surface area contributed by atoms with Crippen LogP contribution in [0.15, 0.2) is 18.2 Å². The molecule has 2 rings (SSSR count). The predicted molar refractivity (Wildman–Crippen MR) is 72.8 cm³/mol. The Morgan fingerprint density at radius 2 is 1.89 bits per heavy atom. The number of benzene rings is 1. The Balaban J connectivity index is 1.79. The Labute approximate surface area is 111 Å². The fraction of sp³-hybridized carbons (Fsp3) is 0.571. The Morgan fingerprint density at radius 3 is 2.50 bits per heavy atom. The molecule has 0 heterocycles. The molecule has 1 aliphatic carbocycles. The van der Waals surface area contributed by atoms with Gasteiger partial charge in [-0.1, -0.05) is 6.07 Å². The summed E-state index contributed by atoms with van der Waals surface area (Å²) in [6, 6.07) is 4.62. The summed E-state index contributed by atoms with van der Waals surface area (Å²) in [6.07, 6.45) is 7.01. The van der Waals surface area contributed by atoms with Crippen molar-refractivity contribution in [2.45, 2.75) is 43.5 Å². The molecule has 0 atom stereocenters. The lowest BCUT2D eigenvalue weighted by molar-refractivity contribution is 0.378. The molecule has 1 aliphatic rings. The zero-order valence-corrected chi connectivity index (χ0v) is 11.4. The topological polar surface area (TPSA) is 12.0 Å². The Morgan fingerprint density at radius 1 is 1.17 bits per heavy atom. The minimum atomic E-state index is -0.778. The van der Waals surface area contributed by atoms with Crippen LogP contribution in [0.25, 0.3) is 0 Å². The summed E-state index contributed by atoms with van der Waals surface area (Å²) in [7, 11) is 0. The van der Waals surface area contributed by atoms with Crippen LogP contribution in [0.2, 0.25) is 0 Å². The van der Waals surface area contributed by atoms with Gasteiger partial charge in [0.05, 0.1) is 0 Å². The second-order valence-corrected chi connectivity index (χ2v) is 5.98. The van der Waals surface area contributed by atoms with E-state index >= 15 is 0 Å². The van der Waals surface area contributed by atoms with Gasteiger partial charge < -0.3 is 5.32 Å². The van der Waals surface area contributed by atoms with Crippen molar-refractivity contribution in [1.82, 2.24) is 5.32 Å². The number of hydrogen-bond donors (Lipinski definition) is 1. The standard InChI is InChI=1S/C14H19F2NS/c1-18-12-5-3-11(4-6-12)17-9-10-2-7-13(15)14(16)8-10/h2,7-8,11-12,17H,3-6,9H2,1H3. The SMILES string of the molecule is CSC1CCC(NCc2ccc(F)c(F)c2)CC1. The molecule has 18 heavy (non-hydrogen) atoms. The van der Waals surface area contributed by atoms with E-state index in [1.807, 2.05) is 11.8 Å². The summed E-state index contributed by atoms with van der Waals surface area (Å²) in [6.45, 7) is 0.617. The molecular formula is C14H19F2NS. The molecule has 1 N–H and O–H groups in total. The highest BCUT2D eigenvalue weighted by atomic mass is 32.2. The third kappa shape index (κ3) is 3.69. The zero-order valence-electron chi connectivity index (χ0n) is 10.6. The van der Waals surface area contributed by atoms with Crippen molar-refractivity contribution in [3.8, 4) is 0 Å². The van der Waals surface area contributed by atoms with E-state index < -0.39 is 11.6 Å². The molecule has 4 heteroatoms. The molecule has 1 fully saturated rings. The highest BCUT2D eigenvalue weighted by Crippen LogP contribution is 2.26. The largest absolute Gasteiger partial charge is 0.310 e. The third-order valence-electron chi connectivity index (χ3n) is 3.59.